The Morgan fingerprint density at radius 1 is 0.621 bits per heavy atom. The summed E-state index contributed by atoms with van der Waals surface area (Å²) in [5.74, 6) is 0.765. The molecule has 4 aromatic heterocycles. The first-order valence-corrected chi connectivity index (χ1v) is 22.7. The van der Waals surface area contributed by atoms with Gasteiger partial charge in [0, 0.05) is 49.0 Å². The fourth-order valence-corrected chi connectivity index (χ4v) is 8.49. The minimum Gasteiger partial charge on any atom is -0.501 e. The average Bonchev–Trinajstić information content (AvgIpc) is 3.84. The molecule has 285 valence electrons. The van der Waals surface area contributed by atoms with E-state index in [0.29, 0.717) is 0 Å². The molecule has 0 fully saturated rings. The maximum Gasteiger partial charge on any atom is 0.120 e. The van der Waals surface area contributed by atoms with E-state index in [1.807, 2.05) is 86.0 Å². The molecule has 7 heteroatoms. The van der Waals surface area contributed by atoms with Gasteiger partial charge in [-0.2, -0.15) is 0 Å². The van der Waals surface area contributed by atoms with Crippen LogP contribution in [-0.2, 0) is 20.1 Å². The van der Waals surface area contributed by atoms with Crippen molar-refractivity contribution >= 4 is 46.2 Å². The SMILES string of the molecule is C[Si](C)(C)c1ccc(-c2[c-]cccc2)nc1.Cc1nccc2nc(-c3[c-]ccc4c3oc3ccccc34)n(-c3c(-c4ccccc4)cccc3-c3ccccc3)c12.[Ir]. The minimum absolute atomic E-state index is 0. The topological polar surface area (TPSA) is 56.7 Å². The normalized spacial score (nSPS) is 11.3. The molecular formula is C51H40IrN4OSi-2. The number of aryl methyl sites for hydroxylation is 1. The number of benzene rings is 6. The van der Waals surface area contributed by atoms with Crippen LogP contribution < -0.4 is 5.19 Å². The van der Waals surface area contributed by atoms with E-state index in [2.05, 4.69) is 132 Å². The molecule has 0 N–H and O–H groups in total. The van der Waals surface area contributed by atoms with Gasteiger partial charge < -0.3 is 14.0 Å². The Balaban J connectivity index is 0.000000233. The Labute approximate surface area is 353 Å². The fraction of sp³-hybridized carbons (Fsp3) is 0.0784. The summed E-state index contributed by atoms with van der Waals surface area (Å²) < 4.78 is 8.75. The van der Waals surface area contributed by atoms with E-state index in [9.17, 15) is 0 Å². The van der Waals surface area contributed by atoms with Gasteiger partial charge in [0.2, 0.25) is 0 Å². The second-order valence-electron chi connectivity index (χ2n) is 15.1. The van der Waals surface area contributed by atoms with Gasteiger partial charge in [-0.1, -0.05) is 140 Å². The zero-order chi connectivity index (χ0) is 38.9. The molecule has 0 unspecified atom stereocenters. The maximum absolute atomic E-state index is 6.48. The molecular weight excluding hydrogens is 905 g/mol. The number of nitrogens with zero attached hydrogens (tertiary/aromatic N) is 4. The molecule has 0 aliphatic heterocycles. The van der Waals surface area contributed by atoms with Crippen molar-refractivity contribution in [2.24, 2.45) is 0 Å². The third kappa shape index (κ3) is 7.36. The van der Waals surface area contributed by atoms with Crippen LogP contribution in [-0.4, -0.2) is 27.6 Å². The van der Waals surface area contributed by atoms with Crippen LogP contribution in [0.2, 0.25) is 19.6 Å². The summed E-state index contributed by atoms with van der Waals surface area (Å²) in [5, 5.41) is 3.52. The van der Waals surface area contributed by atoms with Crippen molar-refractivity contribution in [3.8, 4) is 50.6 Å². The van der Waals surface area contributed by atoms with E-state index >= 15 is 0 Å². The Morgan fingerprint density at radius 3 is 1.97 bits per heavy atom. The quantitative estimate of drug-likeness (QED) is 0.123. The van der Waals surface area contributed by atoms with Crippen molar-refractivity contribution in [3.05, 3.63) is 188 Å². The van der Waals surface area contributed by atoms with Gasteiger partial charge in [0.25, 0.3) is 0 Å². The monoisotopic (exact) mass is 945 g/mol. The first kappa shape index (κ1) is 38.6. The summed E-state index contributed by atoms with van der Waals surface area (Å²) in [6.45, 7) is 9.04. The summed E-state index contributed by atoms with van der Waals surface area (Å²) >= 11 is 0. The largest absolute Gasteiger partial charge is 0.501 e. The van der Waals surface area contributed by atoms with E-state index in [4.69, 9.17) is 14.4 Å². The Bertz CT molecular complexity index is 2930. The van der Waals surface area contributed by atoms with Gasteiger partial charge in [0.1, 0.15) is 5.58 Å². The number of furan rings is 1. The summed E-state index contributed by atoms with van der Waals surface area (Å²) in [5.41, 5.74) is 12.7. The van der Waals surface area contributed by atoms with Gasteiger partial charge in [0.15, 0.2) is 0 Å². The van der Waals surface area contributed by atoms with E-state index in [1.165, 1.54) is 5.19 Å². The Kier molecular flexibility index (Phi) is 10.9. The molecule has 0 aliphatic carbocycles. The first-order chi connectivity index (χ1) is 27.8. The first-order valence-electron chi connectivity index (χ1n) is 19.2. The van der Waals surface area contributed by atoms with E-state index < -0.39 is 8.07 Å². The third-order valence-corrected chi connectivity index (χ3v) is 12.4. The Hall–Kier alpha value is -6.24. The van der Waals surface area contributed by atoms with Crippen molar-refractivity contribution in [3.63, 3.8) is 0 Å². The number of imidazole rings is 1. The van der Waals surface area contributed by atoms with Crippen LogP contribution in [0.5, 0.6) is 0 Å². The average molecular weight is 945 g/mol. The number of pyridine rings is 2. The zero-order valence-electron chi connectivity index (χ0n) is 32.7. The summed E-state index contributed by atoms with van der Waals surface area (Å²) in [4.78, 5) is 14.5. The van der Waals surface area contributed by atoms with Crippen LogP contribution >= 0.6 is 0 Å². The van der Waals surface area contributed by atoms with Gasteiger partial charge in [0.05, 0.1) is 41.9 Å². The smallest absolute Gasteiger partial charge is 0.120 e. The van der Waals surface area contributed by atoms with Crippen LogP contribution in [0.4, 0.5) is 0 Å². The summed E-state index contributed by atoms with van der Waals surface area (Å²) in [7, 11) is -1.23. The van der Waals surface area contributed by atoms with Crippen molar-refractivity contribution in [2.45, 2.75) is 26.6 Å². The summed E-state index contributed by atoms with van der Waals surface area (Å²) in [6.07, 6.45) is 3.84. The second-order valence-corrected chi connectivity index (χ2v) is 20.2. The molecule has 0 spiro atoms. The Morgan fingerprint density at radius 2 is 1.31 bits per heavy atom. The summed E-state index contributed by atoms with van der Waals surface area (Å²) in [6, 6.07) is 60.6. The van der Waals surface area contributed by atoms with Crippen LogP contribution in [0.1, 0.15) is 5.69 Å². The molecule has 0 atom stereocenters. The number of hydrogen-bond acceptors (Lipinski definition) is 4. The van der Waals surface area contributed by atoms with Crippen LogP contribution in [0.25, 0.3) is 83.6 Å². The zero-order valence-corrected chi connectivity index (χ0v) is 36.1. The standard InChI is InChI=1S/C37H24N3O.C14H16NSi.Ir/c1-24-34-32(22-23-38-24)39-37(31-20-11-19-30-29-16-8-9-21-33(29)41-36(30)31)40(34)35-27(25-12-4-2-5-13-25)17-10-18-28(35)26-14-6-3-7-15-26;1-16(2,3)13-9-10-14(15-11-13)12-7-5-4-6-8-12;/h2-19,21-23H,1H3;4-7,9-11H,1-3H3;/q2*-1;. The molecule has 58 heavy (non-hydrogen) atoms. The molecule has 10 rings (SSSR count). The molecule has 4 heterocycles. The fourth-order valence-electron chi connectivity index (χ4n) is 7.46. The maximum atomic E-state index is 6.48. The molecule has 0 bridgehead atoms. The minimum atomic E-state index is -1.23. The number of aromatic nitrogens is 4. The predicted molar refractivity (Wildman–Crippen MR) is 238 cm³/mol. The molecule has 0 saturated carbocycles. The van der Waals surface area contributed by atoms with Gasteiger partial charge >= 0.3 is 0 Å². The van der Waals surface area contributed by atoms with Crippen molar-refractivity contribution < 1.29 is 24.5 Å². The number of fused-ring (bicyclic) bond motifs is 4. The molecule has 10 aromatic rings. The van der Waals surface area contributed by atoms with Crippen LogP contribution in [0.3, 0.4) is 0 Å². The third-order valence-electron chi connectivity index (χ3n) is 10.4. The van der Waals surface area contributed by atoms with E-state index in [0.717, 1.165) is 89.3 Å². The number of para-hydroxylation sites is 2. The van der Waals surface area contributed by atoms with Gasteiger partial charge in [-0.15, -0.1) is 54.1 Å². The van der Waals surface area contributed by atoms with Crippen LogP contribution in [0.15, 0.2) is 175 Å². The van der Waals surface area contributed by atoms with Crippen molar-refractivity contribution in [2.75, 3.05) is 0 Å². The second kappa shape index (κ2) is 16.3. The molecule has 5 nitrogen and oxygen atoms in total. The molecule has 0 saturated heterocycles. The molecule has 1 radical (unpaired) electrons. The number of rotatable bonds is 6. The number of hydrogen-bond donors (Lipinski definition) is 0. The molecule has 0 amide bonds. The van der Waals surface area contributed by atoms with Gasteiger partial charge in [-0.25, -0.2) is 0 Å². The van der Waals surface area contributed by atoms with Crippen molar-refractivity contribution in [1.29, 1.82) is 0 Å². The van der Waals surface area contributed by atoms with Gasteiger partial charge in [-0.3, -0.25) is 9.97 Å². The van der Waals surface area contributed by atoms with E-state index in [-0.39, 0.29) is 20.1 Å². The van der Waals surface area contributed by atoms with Crippen molar-refractivity contribution in [1.82, 2.24) is 19.5 Å². The predicted octanol–water partition coefficient (Wildman–Crippen LogP) is 12.5. The van der Waals surface area contributed by atoms with Crippen LogP contribution in [0, 0.1) is 19.1 Å². The van der Waals surface area contributed by atoms with E-state index in [1.54, 1.807) is 0 Å². The molecule has 6 aromatic carbocycles. The molecule has 0 aliphatic rings. The van der Waals surface area contributed by atoms with Gasteiger partial charge in [-0.05, 0) is 41.1 Å².